The molecule has 6 nitrogen and oxygen atoms in total. The molecule has 1 aromatic heterocycles. The molecule has 4 N–H and O–H groups in total. The molecule has 1 aliphatic carbocycles. The van der Waals surface area contributed by atoms with Gasteiger partial charge in [0.25, 0.3) is 0 Å². The van der Waals surface area contributed by atoms with E-state index in [1.165, 1.54) is 24.0 Å². The van der Waals surface area contributed by atoms with Crippen LogP contribution in [0.15, 0.2) is 29.2 Å². The van der Waals surface area contributed by atoms with Gasteiger partial charge in [-0.25, -0.2) is 4.98 Å². The van der Waals surface area contributed by atoms with E-state index in [2.05, 4.69) is 28.0 Å². The number of nitrogens with zero attached hydrogens (tertiary/aromatic N) is 3. The Morgan fingerprint density at radius 2 is 2.21 bits per heavy atom. The first kappa shape index (κ1) is 15.1. The van der Waals surface area contributed by atoms with Gasteiger partial charge in [0.2, 0.25) is 0 Å². The minimum absolute atomic E-state index is 0.503. The number of nitrogens with two attached hydrogens (primary N) is 1. The minimum atomic E-state index is 0.503. The van der Waals surface area contributed by atoms with Gasteiger partial charge in [-0.2, -0.15) is 5.26 Å². The smallest absolute Gasteiger partial charge is 0.170 e. The lowest BCUT2D eigenvalue weighted by Gasteiger charge is -2.12. The van der Waals surface area contributed by atoms with Crippen LogP contribution in [0.2, 0.25) is 0 Å². The summed E-state index contributed by atoms with van der Waals surface area (Å²) in [6.45, 7) is 0. The Kier molecular flexibility index (Phi) is 3.71. The highest BCUT2D eigenvalue weighted by Crippen LogP contribution is 2.44. The number of aromatic nitrogens is 1. The van der Waals surface area contributed by atoms with Crippen LogP contribution in [-0.2, 0) is 5.75 Å². The summed E-state index contributed by atoms with van der Waals surface area (Å²) >= 11 is 1.74. The van der Waals surface area contributed by atoms with Crippen LogP contribution in [0.4, 0.5) is 17.3 Å². The predicted molar refractivity (Wildman–Crippen MR) is 96.4 cm³/mol. The van der Waals surface area contributed by atoms with Crippen molar-refractivity contribution in [2.75, 3.05) is 23.6 Å². The number of hydrogen-bond acceptors (Lipinski definition) is 7. The predicted octanol–water partition coefficient (Wildman–Crippen LogP) is 3.30. The highest BCUT2D eigenvalue weighted by molar-refractivity contribution is 7.98. The molecule has 0 spiro atoms. The first-order valence-corrected chi connectivity index (χ1v) is 8.86. The number of thioether (sulfide) groups is 1. The molecule has 1 aliphatic heterocycles. The monoisotopic (exact) mass is 338 g/mol. The molecule has 0 amide bonds. The summed E-state index contributed by atoms with van der Waals surface area (Å²) in [5.41, 5.74) is 16.6. The molecule has 1 aromatic carbocycles. The number of rotatable bonds is 4. The van der Waals surface area contributed by atoms with Crippen molar-refractivity contribution in [2.24, 2.45) is 0 Å². The Morgan fingerprint density at radius 3 is 2.96 bits per heavy atom. The quantitative estimate of drug-likeness (QED) is 0.737. The third kappa shape index (κ3) is 2.86. The summed E-state index contributed by atoms with van der Waals surface area (Å²) in [6.07, 6.45) is 2.45. The van der Waals surface area contributed by atoms with Crippen LogP contribution >= 0.6 is 11.8 Å². The molecule has 1 fully saturated rings. The highest BCUT2D eigenvalue weighted by atomic mass is 32.2. The SMILES string of the molecule is CN1Nc2nc(N)cc(SCc3ccc(C#N)cc3C3CC3)c2N1. The molecule has 0 bridgehead atoms. The van der Waals surface area contributed by atoms with Crippen LogP contribution < -0.4 is 16.6 Å². The lowest BCUT2D eigenvalue weighted by atomic mass is 10.0. The van der Waals surface area contributed by atoms with Gasteiger partial charge in [-0.15, -0.1) is 16.9 Å². The first-order valence-electron chi connectivity index (χ1n) is 7.87. The van der Waals surface area contributed by atoms with Gasteiger partial charge in [0, 0.05) is 17.7 Å². The number of nitriles is 1. The van der Waals surface area contributed by atoms with E-state index in [-0.39, 0.29) is 0 Å². The van der Waals surface area contributed by atoms with Gasteiger partial charge < -0.3 is 5.73 Å². The third-order valence-corrected chi connectivity index (χ3v) is 5.32. The van der Waals surface area contributed by atoms with E-state index in [4.69, 9.17) is 11.0 Å². The van der Waals surface area contributed by atoms with E-state index in [1.54, 1.807) is 16.9 Å². The lowest BCUT2D eigenvalue weighted by molar-refractivity contribution is 0.504. The van der Waals surface area contributed by atoms with E-state index >= 15 is 0 Å². The van der Waals surface area contributed by atoms with Crippen molar-refractivity contribution in [3.8, 4) is 6.07 Å². The van der Waals surface area contributed by atoms with E-state index in [0.29, 0.717) is 11.7 Å². The molecule has 7 heteroatoms. The normalized spacial score (nSPS) is 16.2. The molecule has 2 aromatic rings. The van der Waals surface area contributed by atoms with Crippen molar-refractivity contribution < 1.29 is 0 Å². The van der Waals surface area contributed by atoms with Gasteiger partial charge >= 0.3 is 0 Å². The van der Waals surface area contributed by atoms with Crippen molar-refractivity contribution in [1.29, 1.82) is 5.26 Å². The Labute approximate surface area is 145 Å². The molecule has 122 valence electrons. The molecule has 0 unspecified atom stereocenters. The zero-order valence-corrected chi connectivity index (χ0v) is 14.2. The zero-order chi connectivity index (χ0) is 16.7. The minimum Gasteiger partial charge on any atom is -0.384 e. The Morgan fingerprint density at radius 1 is 1.38 bits per heavy atom. The second-order valence-corrected chi connectivity index (χ2v) is 7.16. The second-order valence-electron chi connectivity index (χ2n) is 6.14. The number of hydrazine groups is 2. The number of nitrogen functional groups attached to an aromatic ring is 1. The summed E-state index contributed by atoms with van der Waals surface area (Å²) in [7, 11) is 1.89. The number of benzene rings is 1. The van der Waals surface area contributed by atoms with Gasteiger partial charge in [0.1, 0.15) is 11.5 Å². The Hall–Kier alpha value is -2.43. The molecule has 0 atom stereocenters. The maximum Gasteiger partial charge on any atom is 0.170 e. The molecular weight excluding hydrogens is 320 g/mol. The van der Waals surface area contributed by atoms with Crippen LogP contribution in [0.3, 0.4) is 0 Å². The number of anilines is 3. The van der Waals surface area contributed by atoms with E-state index in [0.717, 1.165) is 27.7 Å². The fourth-order valence-electron chi connectivity index (χ4n) is 2.92. The van der Waals surface area contributed by atoms with Crippen LogP contribution in [0.1, 0.15) is 35.4 Å². The van der Waals surface area contributed by atoms with E-state index < -0.39 is 0 Å². The number of pyridine rings is 1. The summed E-state index contributed by atoms with van der Waals surface area (Å²) in [5, 5.41) is 10.9. The maximum atomic E-state index is 9.13. The summed E-state index contributed by atoms with van der Waals surface area (Å²) < 4.78 is 0. The average Bonchev–Trinajstić information content (AvgIpc) is 3.34. The van der Waals surface area contributed by atoms with Gasteiger partial charge in [-0.3, -0.25) is 10.9 Å². The molecule has 4 rings (SSSR count). The molecule has 2 heterocycles. The van der Waals surface area contributed by atoms with Crippen LogP contribution in [0, 0.1) is 11.3 Å². The van der Waals surface area contributed by atoms with Crippen LogP contribution in [0.25, 0.3) is 0 Å². The number of hydrogen-bond donors (Lipinski definition) is 3. The summed E-state index contributed by atoms with van der Waals surface area (Å²) in [6, 6.07) is 10.2. The Bertz CT molecular complexity index is 840. The fourth-order valence-corrected chi connectivity index (χ4v) is 3.99. The third-order valence-electron chi connectivity index (χ3n) is 4.23. The van der Waals surface area contributed by atoms with Crippen molar-refractivity contribution in [3.05, 3.63) is 41.0 Å². The topological polar surface area (TPSA) is 90.0 Å². The summed E-state index contributed by atoms with van der Waals surface area (Å²) in [4.78, 5) is 5.38. The van der Waals surface area contributed by atoms with Crippen molar-refractivity contribution in [3.63, 3.8) is 0 Å². The maximum absolute atomic E-state index is 9.13. The van der Waals surface area contributed by atoms with Crippen molar-refractivity contribution >= 4 is 29.1 Å². The zero-order valence-electron chi connectivity index (χ0n) is 13.3. The Balaban J connectivity index is 1.59. The average molecular weight is 338 g/mol. The van der Waals surface area contributed by atoms with Crippen molar-refractivity contribution in [1.82, 2.24) is 10.1 Å². The molecule has 2 aliphatic rings. The highest BCUT2D eigenvalue weighted by Gasteiger charge is 2.27. The first-order chi connectivity index (χ1) is 11.6. The number of fused-ring (bicyclic) bond motifs is 1. The molecule has 1 saturated carbocycles. The molecular formula is C17H18N6S. The molecule has 24 heavy (non-hydrogen) atoms. The van der Waals surface area contributed by atoms with Gasteiger partial charge in [-0.05, 0) is 48.1 Å². The summed E-state index contributed by atoms with van der Waals surface area (Å²) in [5.74, 6) is 2.72. The second kappa shape index (κ2) is 5.89. The molecule has 0 saturated heterocycles. The van der Waals surface area contributed by atoms with Crippen molar-refractivity contribution in [2.45, 2.75) is 29.4 Å². The number of nitrogens with one attached hydrogen (secondary N) is 2. The van der Waals surface area contributed by atoms with E-state index in [1.807, 2.05) is 25.2 Å². The lowest BCUT2D eigenvalue weighted by Crippen LogP contribution is -2.24. The van der Waals surface area contributed by atoms with Gasteiger partial charge in [0.05, 0.1) is 11.6 Å². The van der Waals surface area contributed by atoms with Gasteiger partial charge in [-0.1, -0.05) is 6.07 Å². The fraction of sp³-hybridized carbons (Fsp3) is 0.294. The van der Waals surface area contributed by atoms with Gasteiger partial charge in [0.15, 0.2) is 5.82 Å². The largest absolute Gasteiger partial charge is 0.384 e. The standard InChI is InChI=1S/C17H18N6S/c1-23-21-16-14(7-15(19)20-17(16)22-23)24-9-12-3-2-10(8-18)6-13(12)11-4-5-11/h2-3,6-7,11,21H,4-5,9H2,1H3,(H3,19,20,22). The van der Waals surface area contributed by atoms with Crippen LogP contribution in [-0.4, -0.2) is 17.1 Å². The van der Waals surface area contributed by atoms with E-state index in [9.17, 15) is 0 Å². The van der Waals surface area contributed by atoms with Crippen LogP contribution in [0.5, 0.6) is 0 Å². The molecule has 0 radical (unpaired) electrons.